The van der Waals surface area contributed by atoms with Gasteiger partial charge < -0.3 is 18.9 Å². The smallest absolute Gasteiger partial charge is 0.338 e. The first-order valence-electron chi connectivity index (χ1n) is 14.1. The molecule has 0 spiro atoms. The van der Waals surface area contributed by atoms with Gasteiger partial charge in [0.2, 0.25) is 0 Å². The van der Waals surface area contributed by atoms with Crippen LogP contribution in [0.3, 0.4) is 0 Å². The fourth-order valence-corrected chi connectivity index (χ4v) is 6.82. The van der Waals surface area contributed by atoms with Gasteiger partial charge in [0.05, 0.1) is 52.2 Å². The molecule has 46 heavy (non-hydrogen) atoms. The number of hydrogen-bond donors (Lipinski definition) is 0. The number of esters is 1. The maximum absolute atomic E-state index is 14.1. The van der Waals surface area contributed by atoms with Crippen molar-refractivity contribution in [3.8, 4) is 23.3 Å². The second kappa shape index (κ2) is 14.0. The zero-order chi connectivity index (χ0) is 33.1. The van der Waals surface area contributed by atoms with Crippen molar-refractivity contribution in [1.29, 1.82) is 5.26 Å². The third-order valence-corrected chi connectivity index (χ3v) is 8.89. The van der Waals surface area contributed by atoms with Crippen LogP contribution in [0.15, 0.2) is 80.1 Å². The lowest BCUT2D eigenvalue weighted by Crippen LogP contribution is -2.40. The Morgan fingerprint density at radius 3 is 2.50 bits per heavy atom. The van der Waals surface area contributed by atoms with Gasteiger partial charge in [-0.2, -0.15) is 5.26 Å². The minimum atomic E-state index is -0.891. The zero-order valence-electron chi connectivity index (χ0n) is 25.6. The molecule has 0 amide bonds. The summed E-state index contributed by atoms with van der Waals surface area (Å²) in [4.78, 5) is 32.7. The molecule has 2 heterocycles. The molecular weight excluding hydrogens is 694 g/mol. The van der Waals surface area contributed by atoms with E-state index in [-0.39, 0.29) is 23.8 Å². The van der Waals surface area contributed by atoms with Gasteiger partial charge in [0, 0.05) is 10.6 Å². The van der Waals surface area contributed by atoms with E-state index in [2.05, 4.69) is 27.0 Å². The first kappa shape index (κ1) is 33.0. The zero-order valence-corrected chi connectivity index (χ0v) is 28.7. The van der Waals surface area contributed by atoms with Gasteiger partial charge in [-0.3, -0.25) is 9.36 Å². The number of thiazole rings is 1. The maximum atomic E-state index is 14.1. The largest absolute Gasteiger partial charge is 0.496 e. The van der Waals surface area contributed by atoms with Crippen LogP contribution in [-0.4, -0.2) is 30.9 Å². The van der Waals surface area contributed by atoms with Crippen molar-refractivity contribution < 1.29 is 23.7 Å². The highest BCUT2D eigenvalue weighted by molar-refractivity contribution is 9.10. The number of rotatable bonds is 9. The highest BCUT2D eigenvalue weighted by atomic mass is 79.9. The topological polar surface area (TPSA) is 112 Å². The molecule has 1 aliphatic heterocycles. The van der Waals surface area contributed by atoms with Crippen LogP contribution in [0.25, 0.3) is 6.08 Å². The van der Waals surface area contributed by atoms with Crippen LogP contribution < -0.4 is 29.1 Å². The summed E-state index contributed by atoms with van der Waals surface area (Å²) in [6.07, 6.45) is 1.35. The van der Waals surface area contributed by atoms with E-state index in [0.717, 1.165) is 5.56 Å². The lowest BCUT2D eigenvalue weighted by atomic mass is 9.95. The Kier molecular flexibility index (Phi) is 10.0. The molecule has 236 valence electrons. The van der Waals surface area contributed by atoms with Crippen molar-refractivity contribution in [2.45, 2.75) is 39.5 Å². The number of carbonyl (C=O) groups is 1. The highest BCUT2D eigenvalue weighted by Crippen LogP contribution is 2.39. The molecular formula is C34H29BrClN3O6S. The summed E-state index contributed by atoms with van der Waals surface area (Å²) in [5.74, 6) is 0.821. The Morgan fingerprint density at radius 1 is 1.13 bits per heavy atom. The van der Waals surface area contributed by atoms with Gasteiger partial charge >= 0.3 is 5.97 Å². The number of methoxy groups -OCH3 is 2. The molecule has 4 aromatic rings. The van der Waals surface area contributed by atoms with Crippen molar-refractivity contribution >= 4 is 50.9 Å². The number of carbonyl (C=O) groups excluding carboxylic acids is 1. The van der Waals surface area contributed by atoms with Gasteiger partial charge in [0.1, 0.15) is 18.4 Å². The minimum absolute atomic E-state index is 0.224. The lowest BCUT2D eigenvalue weighted by Gasteiger charge is -2.26. The van der Waals surface area contributed by atoms with E-state index in [0.29, 0.717) is 58.5 Å². The van der Waals surface area contributed by atoms with Gasteiger partial charge in [0.15, 0.2) is 16.3 Å². The van der Waals surface area contributed by atoms with Crippen molar-refractivity contribution in [3.05, 3.63) is 117 Å². The molecule has 0 saturated heterocycles. The number of nitriles is 1. The lowest BCUT2D eigenvalue weighted by molar-refractivity contribution is -0.143. The summed E-state index contributed by atoms with van der Waals surface area (Å²) in [7, 11) is 3.05. The van der Waals surface area contributed by atoms with Crippen LogP contribution in [0.4, 0.5) is 0 Å². The first-order chi connectivity index (χ1) is 22.0. The standard InChI is InChI=1S/C34H29BrClN3O6S/c1-18(2)45-33(41)29-19(3)38-34-39(30(29)24-15-23(36)10-11-26(24)42-4)32(40)28(46-34)14-22-12-25(35)31(27(13-22)43-5)44-17-21-8-6-20(16-37)7-9-21/h6-15,18,30H,17H2,1-5H3/b28-14-/t30-/m0/s1. The van der Waals surface area contributed by atoms with E-state index >= 15 is 0 Å². The molecule has 0 unspecified atom stereocenters. The summed E-state index contributed by atoms with van der Waals surface area (Å²) >= 11 is 11.2. The number of halogens is 2. The predicted molar refractivity (Wildman–Crippen MR) is 179 cm³/mol. The maximum Gasteiger partial charge on any atom is 0.338 e. The fourth-order valence-electron chi connectivity index (χ4n) is 5.02. The molecule has 1 aliphatic rings. The molecule has 0 fully saturated rings. The average molecular weight is 723 g/mol. The van der Waals surface area contributed by atoms with Crippen LogP contribution >= 0.6 is 38.9 Å². The average Bonchev–Trinajstić information content (AvgIpc) is 3.32. The minimum Gasteiger partial charge on any atom is -0.496 e. The van der Waals surface area contributed by atoms with E-state index in [1.807, 2.05) is 18.2 Å². The third kappa shape index (κ3) is 6.75. The number of benzene rings is 3. The Morgan fingerprint density at radius 2 is 1.85 bits per heavy atom. The molecule has 0 saturated carbocycles. The normalized spacial score (nSPS) is 14.4. The fraction of sp³-hybridized carbons (Fsp3) is 0.235. The summed E-state index contributed by atoms with van der Waals surface area (Å²) in [5.41, 5.74) is 2.95. The number of allylic oxidation sites excluding steroid dienone is 1. The summed E-state index contributed by atoms with van der Waals surface area (Å²) < 4.78 is 25.4. The van der Waals surface area contributed by atoms with Crippen LogP contribution in [0.1, 0.15) is 49.1 Å². The second-order valence-electron chi connectivity index (χ2n) is 10.6. The number of aromatic nitrogens is 1. The summed E-state index contributed by atoms with van der Waals surface area (Å²) in [6, 6.07) is 17.0. The summed E-state index contributed by atoms with van der Waals surface area (Å²) in [6.45, 7) is 5.49. The SMILES string of the molecule is COc1ccc(Cl)cc1[C@H]1C(C(=O)OC(C)C)=C(C)N=c2s/c(=C\c3cc(Br)c(OCc4ccc(C#N)cc4)c(OC)c3)c(=O)n21. The van der Waals surface area contributed by atoms with E-state index in [4.69, 9.17) is 35.8 Å². The molecule has 9 nitrogen and oxygen atoms in total. The van der Waals surface area contributed by atoms with Crippen molar-refractivity contribution in [3.63, 3.8) is 0 Å². The van der Waals surface area contributed by atoms with Crippen LogP contribution in [0.5, 0.6) is 17.2 Å². The molecule has 3 aromatic carbocycles. The Bertz CT molecular complexity index is 2080. The van der Waals surface area contributed by atoms with Gasteiger partial charge in [-0.1, -0.05) is 35.1 Å². The third-order valence-electron chi connectivity index (χ3n) is 7.09. The van der Waals surface area contributed by atoms with Crippen LogP contribution in [0.2, 0.25) is 5.02 Å². The molecule has 1 aromatic heterocycles. The van der Waals surface area contributed by atoms with Crippen molar-refractivity contribution in [2.24, 2.45) is 4.99 Å². The molecule has 0 N–H and O–H groups in total. The van der Waals surface area contributed by atoms with Gasteiger partial charge in [0.25, 0.3) is 5.56 Å². The highest BCUT2D eigenvalue weighted by Gasteiger charge is 2.35. The monoisotopic (exact) mass is 721 g/mol. The predicted octanol–water partition coefficient (Wildman–Crippen LogP) is 6.07. The van der Waals surface area contributed by atoms with Crippen LogP contribution in [0, 0.1) is 11.3 Å². The van der Waals surface area contributed by atoms with E-state index in [1.54, 1.807) is 63.2 Å². The van der Waals surface area contributed by atoms with Gasteiger partial charge in [-0.15, -0.1) is 0 Å². The molecule has 5 rings (SSSR count). The number of ether oxygens (including phenoxy) is 4. The van der Waals surface area contributed by atoms with E-state index in [1.165, 1.54) is 30.1 Å². The number of hydrogen-bond acceptors (Lipinski definition) is 9. The van der Waals surface area contributed by atoms with Gasteiger partial charge in [-0.25, -0.2) is 9.79 Å². The molecule has 1 atom stereocenters. The van der Waals surface area contributed by atoms with E-state index < -0.39 is 12.0 Å². The molecule has 0 radical (unpaired) electrons. The van der Waals surface area contributed by atoms with Crippen molar-refractivity contribution in [1.82, 2.24) is 4.57 Å². The second-order valence-corrected chi connectivity index (χ2v) is 12.9. The number of nitrogens with zero attached hydrogens (tertiary/aromatic N) is 3. The molecule has 0 aliphatic carbocycles. The summed E-state index contributed by atoms with van der Waals surface area (Å²) in [5, 5.41) is 9.46. The Balaban J connectivity index is 1.59. The van der Waals surface area contributed by atoms with E-state index in [9.17, 15) is 9.59 Å². The van der Waals surface area contributed by atoms with Gasteiger partial charge in [-0.05, 0) is 96.4 Å². The Hall–Kier alpha value is -4.37. The molecule has 12 heteroatoms. The van der Waals surface area contributed by atoms with Crippen molar-refractivity contribution in [2.75, 3.05) is 14.2 Å². The number of fused-ring (bicyclic) bond motifs is 1. The molecule has 0 bridgehead atoms. The first-order valence-corrected chi connectivity index (χ1v) is 16.1. The Labute approximate surface area is 282 Å². The quantitative estimate of drug-likeness (QED) is 0.193. The van der Waals surface area contributed by atoms with Crippen LogP contribution in [-0.2, 0) is 16.1 Å².